The molecule has 2 N–H and O–H groups in total. The zero-order valence-corrected chi connectivity index (χ0v) is 19.6. The highest BCUT2D eigenvalue weighted by Crippen LogP contribution is 2.23. The molecule has 1 atom stereocenters. The Kier molecular flexibility index (Phi) is 8.44. The molecule has 1 saturated heterocycles. The van der Waals surface area contributed by atoms with E-state index in [4.69, 9.17) is 11.6 Å². The van der Waals surface area contributed by atoms with Gasteiger partial charge in [-0.05, 0) is 61.1 Å². The maximum atomic E-state index is 14.1. The number of rotatable bonds is 7. The lowest BCUT2D eigenvalue weighted by Gasteiger charge is -2.36. The van der Waals surface area contributed by atoms with Gasteiger partial charge in [0.05, 0.1) is 5.56 Å². The van der Waals surface area contributed by atoms with Gasteiger partial charge in [0.25, 0.3) is 11.8 Å². The van der Waals surface area contributed by atoms with Crippen LogP contribution in [0.1, 0.15) is 47.4 Å². The molecule has 0 radical (unpaired) electrons. The van der Waals surface area contributed by atoms with E-state index in [2.05, 4.69) is 10.6 Å². The third kappa shape index (κ3) is 6.54. The second-order valence-electron chi connectivity index (χ2n) is 8.71. The minimum atomic E-state index is -0.816. The van der Waals surface area contributed by atoms with E-state index in [0.29, 0.717) is 43.1 Å². The highest BCUT2D eigenvalue weighted by atomic mass is 35.5. The van der Waals surface area contributed by atoms with Crippen molar-refractivity contribution in [3.05, 3.63) is 70.5 Å². The topological polar surface area (TPSA) is 78.5 Å². The Hall–Kier alpha value is -2.93. The van der Waals surface area contributed by atoms with Crippen LogP contribution in [0.5, 0.6) is 0 Å². The summed E-state index contributed by atoms with van der Waals surface area (Å²) in [4.78, 5) is 40.2. The predicted molar refractivity (Wildman–Crippen MR) is 126 cm³/mol. The molecule has 2 aromatic rings. The minimum Gasteiger partial charge on any atom is -0.354 e. The minimum absolute atomic E-state index is 0.0960. The van der Waals surface area contributed by atoms with Crippen molar-refractivity contribution in [2.45, 2.75) is 32.7 Å². The molecule has 0 spiro atoms. The summed E-state index contributed by atoms with van der Waals surface area (Å²) in [6.45, 7) is 5.34. The van der Waals surface area contributed by atoms with Crippen LogP contribution >= 0.6 is 11.6 Å². The molecule has 1 heterocycles. The van der Waals surface area contributed by atoms with Crippen molar-refractivity contribution < 1.29 is 18.8 Å². The van der Waals surface area contributed by atoms with Crippen LogP contribution in [0.3, 0.4) is 0 Å². The Morgan fingerprint density at radius 1 is 1.06 bits per heavy atom. The van der Waals surface area contributed by atoms with E-state index in [1.807, 2.05) is 13.8 Å². The number of hydrogen-bond donors (Lipinski definition) is 2. The number of hydrogen-bond acceptors (Lipinski definition) is 3. The van der Waals surface area contributed by atoms with Crippen molar-refractivity contribution in [1.29, 1.82) is 0 Å². The largest absolute Gasteiger partial charge is 0.354 e. The Bertz CT molecular complexity index is 989. The average Bonchev–Trinajstić information content (AvgIpc) is 2.81. The predicted octanol–water partition coefficient (Wildman–Crippen LogP) is 3.90. The first-order valence-corrected chi connectivity index (χ1v) is 11.5. The zero-order chi connectivity index (χ0) is 24.0. The van der Waals surface area contributed by atoms with Crippen LogP contribution in [-0.4, -0.2) is 48.3 Å². The molecule has 176 valence electrons. The number of nitrogens with zero attached hydrogens (tertiary/aromatic N) is 1. The molecule has 2 aromatic carbocycles. The number of amides is 3. The zero-order valence-electron chi connectivity index (χ0n) is 18.8. The van der Waals surface area contributed by atoms with Crippen LogP contribution in [0.25, 0.3) is 0 Å². The van der Waals surface area contributed by atoms with E-state index in [1.54, 1.807) is 35.2 Å². The highest BCUT2D eigenvalue weighted by molar-refractivity contribution is 6.30. The Morgan fingerprint density at radius 3 is 2.30 bits per heavy atom. The second-order valence-corrected chi connectivity index (χ2v) is 9.14. The number of benzene rings is 2. The molecule has 0 bridgehead atoms. The lowest BCUT2D eigenvalue weighted by Crippen LogP contribution is -2.54. The summed E-state index contributed by atoms with van der Waals surface area (Å²) in [7, 11) is 0. The molecule has 33 heavy (non-hydrogen) atoms. The summed E-state index contributed by atoms with van der Waals surface area (Å²) < 4.78 is 14.1. The lowest BCUT2D eigenvalue weighted by atomic mass is 9.88. The van der Waals surface area contributed by atoms with Crippen LogP contribution in [0, 0.1) is 17.7 Å². The van der Waals surface area contributed by atoms with Crippen molar-refractivity contribution in [2.24, 2.45) is 11.8 Å². The third-order valence-electron chi connectivity index (χ3n) is 5.76. The monoisotopic (exact) mass is 473 g/mol. The van der Waals surface area contributed by atoms with E-state index >= 15 is 0 Å². The van der Waals surface area contributed by atoms with Crippen molar-refractivity contribution >= 4 is 29.3 Å². The SMILES string of the molecule is CC(C)CNC(=O)[C@H](NC(=O)c1ccccc1F)C1CCN(C(=O)c2ccc(Cl)cc2)CC1. The molecule has 3 rings (SSSR count). The number of halogens is 2. The summed E-state index contributed by atoms with van der Waals surface area (Å²) in [5, 5.41) is 6.18. The van der Waals surface area contributed by atoms with Gasteiger partial charge in [-0.15, -0.1) is 0 Å². The van der Waals surface area contributed by atoms with Gasteiger partial charge in [0.2, 0.25) is 5.91 Å². The van der Waals surface area contributed by atoms with E-state index in [1.165, 1.54) is 18.2 Å². The van der Waals surface area contributed by atoms with Crippen LogP contribution < -0.4 is 10.6 Å². The molecule has 1 fully saturated rings. The standard InChI is InChI=1S/C25H29ClFN3O3/c1-16(2)15-28-24(32)22(29-23(31)20-5-3-4-6-21(20)27)17-11-13-30(14-12-17)25(33)18-7-9-19(26)10-8-18/h3-10,16-17,22H,11-15H2,1-2H3,(H,28,32)(H,29,31)/t22-/m1/s1. The van der Waals surface area contributed by atoms with Crippen LogP contribution in [0.2, 0.25) is 5.02 Å². The summed E-state index contributed by atoms with van der Waals surface area (Å²) in [6, 6.07) is 11.6. The first-order chi connectivity index (χ1) is 15.8. The Morgan fingerprint density at radius 2 is 1.70 bits per heavy atom. The Balaban J connectivity index is 1.69. The van der Waals surface area contributed by atoms with E-state index < -0.39 is 17.8 Å². The van der Waals surface area contributed by atoms with Gasteiger partial charge in [0, 0.05) is 30.2 Å². The molecule has 1 aliphatic heterocycles. The van der Waals surface area contributed by atoms with Crippen molar-refractivity contribution in [2.75, 3.05) is 19.6 Å². The quantitative estimate of drug-likeness (QED) is 0.640. The number of likely N-dealkylation sites (tertiary alicyclic amines) is 1. The van der Waals surface area contributed by atoms with E-state index in [9.17, 15) is 18.8 Å². The van der Waals surface area contributed by atoms with E-state index in [-0.39, 0.29) is 29.2 Å². The van der Waals surface area contributed by atoms with Crippen LogP contribution in [0.4, 0.5) is 4.39 Å². The smallest absolute Gasteiger partial charge is 0.254 e. The molecule has 0 unspecified atom stereocenters. The Labute approximate surface area is 198 Å². The van der Waals surface area contributed by atoms with Crippen molar-refractivity contribution in [3.63, 3.8) is 0 Å². The fourth-order valence-corrected chi connectivity index (χ4v) is 4.01. The first kappa shape index (κ1) is 24.7. The third-order valence-corrected chi connectivity index (χ3v) is 6.01. The van der Waals surface area contributed by atoms with Gasteiger partial charge in [-0.25, -0.2) is 4.39 Å². The van der Waals surface area contributed by atoms with Gasteiger partial charge >= 0.3 is 0 Å². The molecule has 0 aliphatic carbocycles. The summed E-state index contributed by atoms with van der Waals surface area (Å²) in [5.41, 5.74) is 0.450. The molecular weight excluding hydrogens is 445 g/mol. The maximum absolute atomic E-state index is 14.1. The fourth-order valence-electron chi connectivity index (χ4n) is 3.89. The average molecular weight is 474 g/mol. The highest BCUT2D eigenvalue weighted by Gasteiger charge is 2.34. The molecule has 0 saturated carbocycles. The second kappa shape index (κ2) is 11.3. The summed E-state index contributed by atoms with van der Waals surface area (Å²) in [6.07, 6.45) is 1.08. The van der Waals surface area contributed by atoms with Gasteiger partial charge in [0.1, 0.15) is 11.9 Å². The molecule has 1 aliphatic rings. The maximum Gasteiger partial charge on any atom is 0.254 e. The first-order valence-electron chi connectivity index (χ1n) is 11.1. The number of carbonyl (C=O) groups excluding carboxylic acids is 3. The number of piperidine rings is 1. The van der Waals surface area contributed by atoms with Gasteiger partial charge in [0.15, 0.2) is 0 Å². The molecular formula is C25H29ClFN3O3. The summed E-state index contributed by atoms with van der Waals surface area (Å²) in [5.74, 6) is -1.59. The molecule has 8 heteroatoms. The van der Waals surface area contributed by atoms with Crippen molar-refractivity contribution in [1.82, 2.24) is 15.5 Å². The van der Waals surface area contributed by atoms with Crippen LogP contribution in [-0.2, 0) is 4.79 Å². The fraction of sp³-hybridized carbons (Fsp3) is 0.400. The summed E-state index contributed by atoms with van der Waals surface area (Å²) >= 11 is 5.91. The van der Waals surface area contributed by atoms with Crippen molar-refractivity contribution in [3.8, 4) is 0 Å². The van der Waals surface area contributed by atoms with Gasteiger partial charge in [-0.3, -0.25) is 14.4 Å². The lowest BCUT2D eigenvalue weighted by molar-refractivity contribution is -0.124. The van der Waals surface area contributed by atoms with Crippen LogP contribution in [0.15, 0.2) is 48.5 Å². The number of nitrogens with one attached hydrogen (secondary N) is 2. The van der Waals surface area contributed by atoms with Gasteiger partial charge in [-0.1, -0.05) is 37.6 Å². The van der Waals surface area contributed by atoms with Gasteiger partial charge in [-0.2, -0.15) is 0 Å². The normalized spacial score (nSPS) is 15.2. The molecule has 3 amide bonds. The number of carbonyl (C=O) groups is 3. The van der Waals surface area contributed by atoms with Gasteiger partial charge < -0.3 is 15.5 Å². The molecule has 0 aromatic heterocycles. The molecule has 6 nitrogen and oxygen atoms in total. The van der Waals surface area contributed by atoms with E-state index in [0.717, 1.165) is 0 Å².